The summed E-state index contributed by atoms with van der Waals surface area (Å²) in [5.74, 6) is -1.11. The zero-order chi connectivity index (χ0) is 19.1. The molecule has 0 atom stereocenters. The van der Waals surface area contributed by atoms with Crippen molar-refractivity contribution in [2.75, 3.05) is 19.0 Å². The van der Waals surface area contributed by atoms with E-state index >= 15 is 0 Å². The van der Waals surface area contributed by atoms with Gasteiger partial charge in [0.15, 0.2) is 0 Å². The smallest absolute Gasteiger partial charge is 0.325 e. The maximum absolute atomic E-state index is 12.3. The summed E-state index contributed by atoms with van der Waals surface area (Å²) in [5, 5.41) is 5.69. The van der Waals surface area contributed by atoms with Gasteiger partial charge >= 0.3 is 5.97 Å². The molecule has 0 radical (unpaired) electrons. The molecule has 0 aromatic heterocycles. The molecule has 2 rings (SSSR count). The summed E-state index contributed by atoms with van der Waals surface area (Å²) in [5.41, 5.74) is 1.75. The first-order chi connectivity index (χ1) is 12.4. The Balaban J connectivity index is 1.94. The predicted molar refractivity (Wildman–Crippen MR) is 102 cm³/mol. The van der Waals surface area contributed by atoms with E-state index in [1.54, 1.807) is 42.5 Å². The number of nitrogens with one attached hydrogen (secondary N) is 2. The fourth-order valence-electron chi connectivity index (χ4n) is 2.07. The van der Waals surface area contributed by atoms with Crippen molar-refractivity contribution in [2.45, 2.75) is 6.42 Å². The lowest BCUT2D eigenvalue weighted by Gasteiger charge is -2.09. The van der Waals surface area contributed by atoms with E-state index in [0.717, 1.165) is 5.56 Å². The fourth-order valence-corrected chi connectivity index (χ4v) is 2.67. The van der Waals surface area contributed by atoms with Crippen molar-refractivity contribution in [3.63, 3.8) is 0 Å². The minimum absolute atomic E-state index is 0.116. The molecule has 0 aliphatic heterocycles. The van der Waals surface area contributed by atoms with Crippen molar-refractivity contribution < 1.29 is 19.1 Å². The molecule has 26 heavy (non-hydrogen) atoms. The van der Waals surface area contributed by atoms with E-state index in [0.29, 0.717) is 20.7 Å². The largest absolute Gasteiger partial charge is 0.468 e. The highest BCUT2D eigenvalue weighted by Gasteiger charge is 2.11. The summed E-state index contributed by atoms with van der Waals surface area (Å²) in [6.07, 6.45) is 0.116. The first-order valence-electron chi connectivity index (χ1n) is 7.58. The second-order valence-electron chi connectivity index (χ2n) is 5.30. The average molecular weight is 440 g/mol. The van der Waals surface area contributed by atoms with E-state index in [9.17, 15) is 14.4 Å². The zero-order valence-corrected chi connectivity index (χ0v) is 16.2. The Kier molecular flexibility index (Phi) is 7.17. The summed E-state index contributed by atoms with van der Waals surface area (Å²) in [6, 6.07) is 11.8. The molecule has 0 spiro atoms. The van der Waals surface area contributed by atoms with Gasteiger partial charge in [-0.15, -0.1) is 0 Å². The molecule has 136 valence electrons. The zero-order valence-electron chi connectivity index (χ0n) is 13.8. The molecular formula is C18H16BrClN2O4. The molecular weight excluding hydrogens is 424 g/mol. The van der Waals surface area contributed by atoms with Gasteiger partial charge in [-0.3, -0.25) is 14.4 Å². The molecule has 2 aromatic rings. The van der Waals surface area contributed by atoms with Crippen molar-refractivity contribution in [3.8, 4) is 0 Å². The van der Waals surface area contributed by atoms with Crippen LogP contribution in [0.1, 0.15) is 15.9 Å². The molecule has 8 heteroatoms. The second kappa shape index (κ2) is 9.35. The third-order valence-electron chi connectivity index (χ3n) is 3.41. The van der Waals surface area contributed by atoms with E-state index in [2.05, 4.69) is 31.3 Å². The van der Waals surface area contributed by atoms with Crippen LogP contribution in [0.25, 0.3) is 0 Å². The number of hydrogen-bond donors (Lipinski definition) is 2. The Hall–Kier alpha value is -2.38. The molecule has 0 unspecified atom stereocenters. The van der Waals surface area contributed by atoms with Crippen molar-refractivity contribution in [2.24, 2.45) is 0 Å². The Morgan fingerprint density at radius 2 is 1.81 bits per heavy atom. The summed E-state index contributed by atoms with van der Waals surface area (Å²) in [7, 11) is 1.25. The van der Waals surface area contributed by atoms with Crippen LogP contribution in [0, 0.1) is 0 Å². The number of amides is 2. The van der Waals surface area contributed by atoms with Crippen molar-refractivity contribution >= 4 is 51.0 Å². The number of rotatable bonds is 6. The van der Waals surface area contributed by atoms with Crippen molar-refractivity contribution in [3.05, 3.63) is 63.1 Å². The molecule has 6 nitrogen and oxygen atoms in total. The number of esters is 1. The monoisotopic (exact) mass is 438 g/mol. The van der Waals surface area contributed by atoms with Crippen LogP contribution >= 0.6 is 27.5 Å². The van der Waals surface area contributed by atoms with E-state index in [-0.39, 0.29) is 24.8 Å². The summed E-state index contributed by atoms with van der Waals surface area (Å²) in [6.45, 7) is -0.169. The van der Waals surface area contributed by atoms with Gasteiger partial charge in [0.1, 0.15) is 6.54 Å². The SMILES string of the molecule is COC(=O)CNC(=O)Cc1ccc(NC(=O)c2cc(Cl)ccc2Br)cc1. The summed E-state index contributed by atoms with van der Waals surface area (Å²) >= 11 is 9.24. The van der Waals surface area contributed by atoms with Gasteiger partial charge in [0.2, 0.25) is 5.91 Å². The summed E-state index contributed by atoms with van der Waals surface area (Å²) < 4.78 is 5.09. The van der Waals surface area contributed by atoms with E-state index in [1.807, 2.05) is 0 Å². The third-order valence-corrected chi connectivity index (χ3v) is 4.33. The van der Waals surface area contributed by atoms with Crippen LogP contribution in [-0.4, -0.2) is 31.4 Å². The predicted octanol–water partition coefficient (Wildman–Crippen LogP) is 3.19. The molecule has 2 aromatic carbocycles. The van der Waals surface area contributed by atoms with Gasteiger partial charge < -0.3 is 15.4 Å². The van der Waals surface area contributed by atoms with Gasteiger partial charge in [-0.25, -0.2) is 0 Å². The van der Waals surface area contributed by atoms with Gasteiger partial charge in [-0.05, 0) is 51.8 Å². The molecule has 2 amide bonds. The highest BCUT2D eigenvalue weighted by atomic mass is 79.9. The van der Waals surface area contributed by atoms with Crippen LogP contribution in [0.15, 0.2) is 46.9 Å². The van der Waals surface area contributed by atoms with Crippen LogP contribution < -0.4 is 10.6 Å². The molecule has 0 aliphatic carbocycles. The minimum Gasteiger partial charge on any atom is -0.468 e. The van der Waals surface area contributed by atoms with Gasteiger partial charge in [0.25, 0.3) is 5.91 Å². The number of carbonyl (C=O) groups excluding carboxylic acids is 3. The molecule has 0 aliphatic rings. The van der Waals surface area contributed by atoms with Crippen LogP contribution in [0.3, 0.4) is 0 Å². The number of anilines is 1. The van der Waals surface area contributed by atoms with Crippen molar-refractivity contribution in [1.82, 2.24) is 5.32 Å². The molecule has 0 heterocycles. The molecule has 2 N–H and O–H groups in total. The lowest BCUT2D eigenvalue weighted by atomic mass is 10.1. The highest BCUT2D eigenvalue weighted by Crippen LogP contribution is 2.22. The van der Waals surface area contributed by atoms with Gasteiger partial charge in [-0.1, -0.05) is 23.7 Å². The number of halogens is 2. The molecule has 0 fully saturated rings. The first kappa shape index (κ1) is 19.9. The van der Waals surface area contributed by atoms with E-state index in [4.69, 9.17) is 11.6 Å². The first-order valence-corrected chi connectivity index (χ1v) is 8.75. The van der Waals surface area contributed by atoms with Gasteiger partial charge in [0.05, 0.1) is 19.1 Å². The van der Waals surface area contributed by atoms with E-state index in [1.165, 1.54) is 7.11 Å². The van der Waals surface area contributed by atoms with Crippen molar-refractivity contribution in [1.29, 1.82) is 0 Å². The summed E-state index contributed by atoms with van der Waals surface area (Å²) in [4.78, 5) is 35.1. The topological polar surface area (TPSA) is 84.5 Å². The lowest BCUT2D eigenvalue weighted by Crippen LogP contribution is -2.31. The number of ether oxygens (including phenoxy) is 1. The number of benzene rings is 2. The van der Waals surface area contributed by atoms with Gasteiger partial charge in [-0.2, -0.15) is 0 Å². The van der Waals surface area contributed by atoms with Crippen LogP contribution in [-0.2, 0) is 20.7 Å². The Morgan fingerprint density at radius 1 is 1.12 bits per heavy atom. The maximum atomic E-state index is 12.3. The molecule has 0 bridgehead atoms. The van der Waals surface area contributed by atoms with Gasteiger partial charge in [0, 0.05) is 15.2 Å². The highest BCUT2D eigenvalue weighted by molar-refractivity contribution is 9.10. The third kappa shape index (κ3) is 5.86. The minimum atomic E-state index is -0.511. The average Bonchev–Trinajstić information content (AvgIpc) is 2.63. The number of hydrogen-bond acceptors (Lipinski definition) is 4. The number of methoxy groups -OCH3 is 1. The maximum Gasteiger partial charge on any atom is 0.325 e. The second-order valence-corrected chi connectivity index (χ2v) is 6.60. The quantitative estimate of drug-likeness (QED) is 0.677. The Morgan fingerprint density at radius 3 is 2.46 bits per heavy atom. The van der Waals surface area contributed by atoms with Crippen LogP contribution in [0.5, 0.6) is 0 Å². The fraction of sp³-hybridized carbons (Fsp3) is 0.167. The normalized spacial score (nSPS) is 10.1. The standard InChI is InChI=1S/C18H16BrClN2O4/c1-26-17(24)10-21-16(23)8-11-2-5-13(6-3-11)22-18(25)14-9-12(20)4-7-15(14)19/h2-7,9H,8,10H2,1H3,(H,21,23)(H,22,25). The Labute approximate surface area is 164 Å². The number of carbonyl (C=O) groups is 3. The van der Waals surface area contributed by atoms with Crippen LogP contribution in [0.4, 0.5) is 5.69 Å². The molecule has 0 saturated carbocycles. The lowest BCUT2D eigenvalue weighted by molar-refractivity contribution is -0.141. The van der Waals surface area contributed by atoms with E-state index < -0.39 is 5.97 Å². The van der Waals surface area contributed by atoms with Crippen LogP contribution in [0.2, 0.25) is 5.02 Å². The molecule has 0 saturated heterocycles. The Bertz CT molecular complexity index is 824.